The van der Waals surface area contributed by atoms with E-state index in [9.17, 15) is 13.2 Å². The van der Waals surface area contributed by atoms with Gasteiger partial charge in [0.05, 0.1) is 22.3 Å². The lowest BCUT2D eigenvalue weighted by molar-refractivity contribution is 0.0773. The molecule has 2 heterocycles. The second-order valence-electron chi connectivity index (χ2n) is 7.23. The van der Waals surface area contributed by atoms with Gasteiger partial charge in [0, 0.05) is 39.3 Å². The van der Waals surface area contributed by atoms with Crippen LogP contribution in [-0.4, -0.2) is 63.5 Å². The molecule has 0 unspecified atom stereocenters. The molecule has 0 spiro atoms. The maximum atomic E-state index is 13.2. The number of hydrogen-bond donors (Lipinski definition) is 2. The third kappa shape index (κ3) is 4.91. The van der Waals surface area contributed by atoms with Gasteiger partial charge >= 0.3 is 0 Å². The van der Waals surface area contributed by atoms with E-state index in [1.54, 1.807) is 35.2 Å². The first-order valence-electron chi connectivity index (χ1n) is 10.2. The monoisotopic (exact) mass is 431 g/mol. The average molecular weight is 432 g/mol. The summed E-state index contributed by atoms with van der Waals surface area (Å²) in [5, 5.41) is 3.29. The van der Waals surface area contributed by atoms with Gasteiger partial charge in [-0.3, -0.25) is 9.52 Å². The predicted octanol–water partition coefficient (Wildman–Crippen LogP) is 2.08. The molecular weight excluding hydrogens is 402 g/mol. The number of hydrogen-bond acceptors (Lipinski definition) is 6. The Morgan fingerprint density at radius 1 is 1.17 bits per heavy atom. The van der Waals surface area contributed by atoms with E-state index < -0.39 is 10.0 Å². The molecule has 1 aromatic carbocycles. The lowest BCUT2D eigenvalue weighted by Gasteiger charge is -2.31. The lowest BCUT2D eigenvalue weighted by Crippen LogP contribution is -2.45. The van der Waals surface area contributed by atoms with Crippen molar-refractivity contribution >= 4 is 27.4 Å². The molecular formula is C21H29N5O3S. The zero-order valence-electron chi connectivity index (χ0n) is 17.7. The van der Waals surface area contributed by atoms with Gasteiger partial charge < -0.3 is 15.1 Å². The lowest BCUT2D eigenvalue weighted by atomic mass is 10.1. The Morgan fingerprint density at radius 2 is 1.80 bits per heavy atom. The van der Waals surface area contributed by atoms with Crippen molar-refractivity contribution in [3.05, 3.63) is 47.7 Å². The number of amides is 1. The highest BCUT2D eigenvalue weighted by Gasteiger charge is 2.24. The van der Waals surface area contributed by atoms with Gasteiger partial charge in [-0.05, 0) is 39.0 Å². The molecule has 1 aliphatic heterocycles. The Labute approximate surface area is 178 Å². The summed E-state index contributed by atoms with van der Waals surface area (Å²) in [6, 6.07) is 8.20. The summed E-state index contributed by atoms with van der Waals surface area (Å²) in [6.07, 6.45) is 1.47. The molecule has 30 heavy (non-hydrogen) atoms. The third-order valence-corrected chi connectivity index (χ3v) is 6.54. The Bertz CT molecular complexity index is 982. The fourth-order valence-electron chi connectivity index (χ4n) is 3.41. The van der Waals surface area contributed by atoms with Gasteiger partial charge in [0.1, 0.15) is 5.82 Å². The normalized spacial score (nSPS) is 14.4. The number of anilines is 2. The maximum absolute atomic E-state index is 13.2. The van der Waals surface area contributed by atoms with Gasteiger partial charge in [-0.1, -0.05) is 17.7 Å². The van der Waals surface area contributed by atoms with Crippen LogP contribution in [0, 0.1) is 6.92 Å². The van der Waals surface area contributed by atoms with Crippen LogP contribution >= 0.6 is 0 Å². The molecule has 9 heteroatoms. The highest BCUT2D eigenvalue weighted by molar-refractivity contribution is 7.92. The summed E-state index contributed by atoms with van der Waals surface area (Å²) in [5.74, 6) is 0.434. The van der Waals surface area contributed by atoms with E-state index in [1.807, 2.05) is 20.8 Å². The number of carbonyl (C=O) groups excluding carboxylic acids is 1. The summed E-state index contributed by atoms with van der Waals surface area (Å²) in [4.78, 5) is 21.6. The number of pyridine rings is 1. The van der Waals surface area contributed by atoms with Crippen molar-refractivity contribution < 1.29 is 13.2 Å². The molecule has 0 radical (unpaired) electrons. The van der Waals surface area contributed by atoms with E-state index in [1.165, 1.54) is 6.20 Å². The largest absolute Gasteiger partial charge is 0.353 e. The standard InChI is InChI=1S/C21H29N5O3S/c1-4-25(5-2)21(27)19-14-17(15-23-20(19)26-12-10-22-11-13-26)24-30(28,29)18-8-6-16(3)7-9-18/h6-9,14-15,22,24H,4-5,10-13H2,1-3H3. The summed E-state index contributed by atoms with van der Waals surface area (Å²) in [7, 11) is -3.78. The number of aromatic nitrogens is 1. The van der Waals surface area contributed by atoms with E-state index in [-0.39, 0.29) is 16.5 Å². The molecule has 0 bridgehead atoms. The van der Waals surface area contributed by atoms with Crippen molar-refractivity contribution in [2.45, 2.75) is 25.7 Å². The zero-order chi connectivity index (χ0) is 21.7. The summed E-state index contributed by atoms with van der Waals surface area (Å²) in [5.41, 5.74) is 1.65. The quantitative estimate of drug-likeness (QED) is 0.697. The number of piperazine rings is 1. The van der Waals surface area contributed by atoms with E-state index in [4.69, 9.17) is 0 Å². The van der Waals surface area contributed by atoms with Crippen LogP contribution in [0.1, 0.15) is 29.8 Å². The number of nitrogens with zero attached hydrogens (tertiary/aromatic N) is 3. The zero-order valence-corrected chi connectivity index (χ0v) is 18.5. The molecule has 3 rings (SSSR count). The number of rotatable bonds is 7. The van der Waals surface area contributed by atoms with Crippen LogP contribution in [0.3, 0.4) is 0 Å². The first-order valence-corrected chi connectivity index (χ1v) is 11.7. The van der Waals surface area contributed by atoms with Gasteiger partial charge in [-0.15, -0.1) is 0 Å². The Morgan fingerprint density at radius 3 is 2.40 bits per heavy atom. The minimum Gasteiger partial charge on any atom is -0.353 e. The van der Waals surface area contributed by atoms with Gasteiger partial charge in [0.2, 0.25) is 0 Å². The average Bonchev–Trinajstić information content (AvgIpc) is 2.75. The van der Waals surface area contributed by atoms with Gasteiger partial charge in [0.25, 0.3) is 15.9 Å². The molecule has 0 saturated carbocycles. The topological polar surface area (TPSA) is 94.6 Å². The van der Waals surface area contributed by atoms with E-state index in [0.29, 0.717) is 24.5 Å². The minimum absolute atomic E-state index is 0.155. The number of carbonyl (C=O) groups is 1. The van der Waals surface area contributed by atoms with Crippen LogP contribution in [0.4, 0.5) is 11.5 Å². The molecule has 1 amide bonds. The molecule has 8 nitrogen and oxygen atoms in total. The third-order valence-electron chi connectivity index (χ3n) is 5.15. The molecule has 1 fully saturated rings. The highest BCUT2D eigenvalue weighted by Crippen LogP contribution is 2.25. The highest BCUT2D eigenvalue weighted by atomic mass is 32.2. The van der Waals surface area contributed by atoms with Crippen molar-refractivity contribution in [3.63, 3.8) is 0 Å². The van der Waals surface area contributed by atoms with Crippen molar-refractivity contribution in [1.29, 1.82) is 0 Å². The smallest absolute Gasteiger partial charge is 0.261 e. The predicted molar refractivity (Wildman–Crippen MR) is 119 cm³/mol. The molecule has 162 valence electrons. The van der Waals surface area contributed by atoms with Crippen LogP contribution in [0.5, 0.6) is 0 Å². The van der Waals surface area contributed by atoms with Crippen molar-refractivity contribution in [1.82, 2.24) is 15.2 Å². The number of sulfonamides is 1. The molecule has 1 aliphatic rings. The summed E-state index contributed by atoms with van der Waals surface area (Å²) in [6.45, 7) is 9.95. The van der Waals surface area contributed by atoms with Crippen LogP contribution in [0.2, 0.25) is 0 Å². The van der Waals surface area contributed by atoms with E-state index in [0.717, 1.165) is 31.7 Å². The van der Waals surface area contributed by atoms with Gasteiger partial charge in [-0.2, -0.15) is 0 Å². The molecule has 2 aromatic rings. The molecule has 2 N–H and O–H groups in total. The minimum atomic E-state index is -3.78. The van der Waals surface area contributed by atoms with E-state index in [2.05, 4.69) is 19.9 Å². The van der Waals surface area contributed by atoms with Crippen LogP contribution < -0.4 is 14.9 Å². The van der Waals surface area contributed by atoms with Crippen LogP contribution in [0.25, 0.3) is 0 Å². The number of nitrogens with one attached hydrogen (secondary N) is 2. The number of aryl methyl sites for hydroxylation is 1. The Kier molecular flexibility index (Phi) is 6.94. The van der Waals surface area contributed by atoms with Crippen molar-refractivity contribution in [2.75, 3.05) is 48.9 Å². The summed E-state index contributed by atoms with van der Waals surface area (Å²) >= 11 is 0. The SMILES string of the molecule is CCN(CC)C(=O)c1cc(NS(=O)(=O)c2ccc(C)cc2)cnc1N1CCNCC1. The first-order chi connectivity index (χ1) is 14.4. The second-order valence-corrected chi connectivity index (χ2v) is 8.91. The first kappa shape index (κ1) is 22.0. The Hall–Kier alpha value is -2.65. The maximum Gasteiger partial charge on any atom is 0.261 e. The Balaban J connectivity index is 1.96. The van der Waals surface area contributed by atoms with Crippen molar-refractivity contribution in [3.8, 4) is 0 Å². The second kappa shape index (κ2) is 9.44. The molecule has 0 aliphatic carbocycles. The fraction of sp³-hybridized carbons (Fsp3) is 0.429. The molecule has 1 saturated heterocycles. The molecule has 0 atom stereocenters. The van der Waals surface area contributed by atoms with Crippen LogP contribution in [0.15, 0.2) is 41.4 Å². The van der Waals surface area contributed by atoms with Gasteiger partial charge in [-0.25, -0.2) is 13.4 Å². The summed E-state index contributed by atoms with van der Waals surface area (Å²) < 4.78 is 28.1. The molecule has 1 aromatic heterocycles. The van der Waals surface area contributed by atoms with Crippen LogP contribution in [-0.2, 0) is 10.0 Å². The number of benzene rings is 1. The van der Waals surface area contributed by atoms with Crippen molar-refractivity contribution in [2.24, 2.45) is 0 Å². The van der Waals surface area contributed by atoms with Gasteiger partial charge in [0.15, 0.2) is 0 Å². The van der Waals surface area contributed by atoms with E-state index >= 15 is 0 Å². The fourth-order valence-corrected chi connectivity index (χ4v) is 4.45.